The molecule has 0 saturated carbocycles. The number of alkyl halides is 3. The van der Waals surface area contributed by atoms with Gasteiger partial charge in [-0.15, -0.1) is 0 Å². The van der Waals surface area contributed by atoms with Crippen LogP contribution in [-0.2, 0) is 17.5 Å². The number of rotatable bonds is 3. The van der Waals surface area contributed by atoms with Crippen LogP contribution in [0.4, 0.5) is 13.2 Å². The Morgan fingerprint density at radius 2 is 1.94 bits per heavy atom. The summed E-state index contributed by atoms with van der Waals surface area (Å²) in [5.74, 6) is -0.450. The van der Waals surface area contributed by atoms with Crippen molar-refractivity contribution in [1.82, 2.24) is 5.32 Å². The van der Waals surface area contributed by atoms with Crippen LogP contribution in [-0.4, -0.2) is 11.7 Å². The zero-order chi connectivity index (χ0) is 12.2. The highest BCUT2D eigenvalue weighted by Gasteiger charge is 2.32. The Morgan fingerprint density at radius 3 is 2.50 bits per heavy atom. The largest absolute Gasteiger partial charge is 0.416 e. The summed E-state index contributed by atoms with van der Waals surface area (Å²) in [6, 6.07) is 5.13. The first kappa shape index (κ1) is 12.9. The summed E-state index contributed by atoms with van der Waals surface area (Å²) in [5, 5.41) is 2.35. The highest BCUT2D eigenvalue weighted by molar-refractivity contribution is 7.81. The lowest BCUT2D eigenvalue weighted by molar-refractivity contribution is -0.138. The first-order valence-electron chi connectivity index (χ1n) is 4.48. The smallest absolute Gasteiger partial charge is 0.351 e. The van der Waals surface area contributed by atoms with E-state index in [-0.39, 0.29) is 17.9 Å². The zero-order valence-electron chi connectivity index (χ0n) is 8.21. The number of hydrogen-bond acceptors (Lipinski definition) is 2. The Balaban J connectivity index is 2.84. The molecule has 0 aliphatic rings. The van der Waals surface area contributed by atoms with E-state index >= 15 is 0 Å². The van der Waals surface area contributed by atoms with E-state index in [0.717, 1.165) is 6.07 Å². The molecule has 1 aromatic rings. The summed E-state index contributed by atoms with van der Waals surface area (Å²) in [6.45, 7) is -0.144. The summed E-state index contributed by atoms with van der Waals surface area (Å²) in [4.78, 5) is 10.9. The minimum Gasteiger partial charge on any atom is -0.351 e. The summed E-state index contributed by atoms with van der Waals surface area (Å²) in [7, 11) is 0. The van der Waals surface area contributed by atoms with Crippen molar-refractivity contribution in [3.63, 3.8) is 0 Å². The predicted octanol–water partition coefficient (Wildman–Crippen LogP) is 2.25. The molecule has 0 heterocycles. The Hall–Kier alpha value is -1.17. The number of halogens is 3. The SMILES string of the molecule is O=C(CS)NCc1ccccc1C(F)(F)F. The monoisotopic (exact) mass is 249 g/mol. The summed E-state index contributed by atoms with van der Waals surface area (Å²) < 4.78 is 37.6. The van der Waals surface area contributed by atoms with Gasteiger partial charge >= 0.3 is 6.18 Å². The van der Waals surface area contributed by atoms with Gasteiger partial charge in [-0.05, 0) is 11.6 Å². The van der Waals surface area contributed by atoms with Gasteiger partial charge in [0.25, 0.3) is 0 Å². The molecule has 0 radical (unpaired) electrons. The quantitative estimate of drug-likeness (QED) is 0.790. The maximum atomic E-state index is 12.5. The lowest BCUT2D eigenvalue weighted by Crippen LogP contribution is -2.25. The van der Waals surface area contributed by atoms with Crippen LogP contribution in [0.3, 0.4) is 0 Å². The van der Waals surface area contributed by atoms with E-state index in [1.165, 1.54) is 18.2 Å². The molecule has 0 aliphatic carbocycles. The van der Waals surface area contributed by atoms with Gasteiger partial charge in [-0.2, -0.15) is 25.8 Å². The number of hydrogen-bond donors (Lipinski definition) is 2. The third-order valence-electron chi connectivity index (χ3n) is 1.94. The number of carbonyl (C=O) groups is 1. The second-order valence-corrected chi connectivity index (χ2v) is 3.41. The summed E-state index contributed by atoms with van der Waals surface area (Å²) in [5.41, 5.74) is -0.681. The minimum atomic E-state index is -4.40. The van der Waals surface area contributed by atoms with Gasteiger partial charge in [-0.3, -0.25) is 4.79 Å². The molecule has 2 nitrogen and oxygen atoms in total. The lowest BCUT2D eigenvalue weighted by atomic mass is 10.1. The molecule has 0 atom stereocenters. The molecule has 1 aromatic carbocycles. The van der Waals surface area contributed by atoms with Gasteiger partial charge in [-0.1, -0.05) is 18.2 Å². The fourth-order valence-electron chi connectivity index (χ4n) is 1.20. The standard InChI is InChI=1S/C10H10F3NOS/c11-10(12,13)8-4-2-1-3-7(8)5-14-9(15)6-16/h1-4,16H,5-6H2,(H,14,15). The van der Waals surface area contributed by atoms with Gasteiger partial charge in [0.05, 0.1) is 11.3 Å². The van der Waals surface area contributed by atoms with Crippen molar-refractivity contribution in [2.75, 3.05) is 5.75 Å². The fourth-order valence-corrected chi connectivity index (χ4v) is 1.31. The summed E-state index contributed by atoms with van der Waals surface area (Å²) >= 11 is 3.71. The number of thiol groups is 1. The van der Waals surface area contributed by atoms with E-state index in [0.29, 0.717) is 0 Å². The number of amides is 1. The van der Waals surface area contributed by atoms with Gasteiger partial charge in [0, 0.05) is 6.54 Å². The molecule has 0 fully saturated rings. The molecule has 0 unspecified atom stereocenters. The maximum Gasteiger partial charge on any atom is 0.416 e. The highest BCUT2D eigenvalue weighted by atomic mass is 32.1. The van der Waals surface area contributed by atoms with Crippen molar-refractivity contribution >= 4 is 18.5 Å². The molecular formula is C10H10F3NOS. The third-order valence-corrected chi connectivity index (χ3v) is 2.23. The molecule has 0 bridgehead atoms. The first-order valence-corrected chi connectivity index (χ1v) is 5.11. The number of carbonyl (C=O) groups excluding carboxylic acids is 1. The van der Waals surface area contributed by atoms with Gasteiger partial charge in [0.2, 0.25) is 5.91 Å². The Labute approximate surface area is 96.3 Å². The molecule has 16 heavy (non-hydrogen) atoms. The molecule has 1 amide bonds. The molecule has 0 saturated heterocycles. The second kappa shape index (κ2) is 5.25. The van der Waals surface area contributed by atoms with E-state index in [4.69, 9.17) is 0 Å². The average Bonchev–Trinajstić information content (AvgIpc) is 2.25. The molecule has 6 heteroatoms. The maximum absolute atomic E-state index is 12.5. The van der Waals surface area contributed by atoms with E-state index in [1.807, 2.05) is 0 Å². The summed E-state index contributed by atoms with van der Waals surface area (Å²) in [6.07, 6.45) is -4.40. The molecule has 0 aromatic heterocycles. The van der Waals surface area contributed by atoms with Crippen LogP contribution in [0.2, 0.25) is 0 Å². The highest BCUT2D eigenvalue weighted by Crippen LogP contribution is 2.31. The van der Waals surface area contributed by atoms with E-state index < -0.39 is 17.6 Å². The topological polar surface area (TPSA) is 29.1 Å². The third kappa shape index (κ3) is 3.44. The van der Waals surface area contributed by atoms with Gasteiger partial charge in [0.15, 0.2) is 0 Å². The van der Waals surface area contributed by atoms with Crippen molar-refractivity contribution < 1.29 is 18.0 Å². The van der Waals surface area contributed by atoms with Crippen LogP contribution in [0.15, 0.2) is 24.3 Å². The Kier molecular flexibility index (Phi) is 4.23. The predicted molar refractivity (Wildman–Crippen MR) is 57.1 cm³/mol. The number of nitrogens with one attached hydrogen (secondary N) is 1. The molecule has 0 aliphatic heterocycles. The Morgan fingerprint density at radius 1 is 1.31 bits per heavy atom. The second-order valence-electron chi connectivity index (χ2n) is 3.09. The van der Waals surface area contributed by atoms with Crippen molar-refractivity contribution in [2.24, 2.45) is 0 Å². The van der Waals surface area contributed by atoms with Gasteiger partial charge in [-0.25, -0.2) is 0 Å². The van der Waals surface area contributed by atoms with Crippen LogP contribution in [0.1, 0.15) is 11.1 Å². The van der Waals surface area contributed by atoms with Crippen LogP contribution in [0.25, 0.3) is 0 Å². The van der Waals surface area contributed by atoms with Gasteiger partial charge < -0.3 is 5.32 Å². The van der Waals surface area contributed by atoms with E-state index in [1.54, 1.807) is 0 Å². The lowest BCUT2D eigenvalue weighted by Gasteiger charge is -2.12. The Bertz CT molecular complexity index is 379. The fraction of sp³-hybridized carbons (Fsp3) is 0.300. The minimum absolute atomic E-state index is 0.0464. The van der Waals surface area contributed by atoms with E-state index in [9.17, 15) is 18.0 Å². The van der Waals surface area contributed by atoms with Crippen LogP contribution in [0.5, 0.6) is 0 Å². The van der Waals surface area contributed by atoms with Gasteiger partial charge in [0.1, 0.15) is 0 Å². The van der Waals surface area contributed by atoms with Crippen LogP contribution < -0.4 is 5.32 Å². The van der Waals surface area contributed by atoms with Crippen LogP contribution >= 0.6 is 12.6 Å². The molecule has 88 valence electrons. The normalized spacial score (nSPS) is 11.2. The molecule has 1 rings (SSSR count). The van der Waals surface area contributed by atoms with Crippen molar-refractivity contribution in [1.29, 1.82) is 0 Å². The average molecular weight is 249 g/mol. The van der Waals surface area contributed by atoms with Crippen molar-refractivity contribution in [2.45, 2.75) is 12.7 Å². The van der Waals surface area contributed by atoms with Crippen molar-refractivity contribution in [3.8, 4) is 0 Å². The first-order chi connectivity index (χ1) is 7.45. The zero-order valence-corrected chi connectivity index (χ0v) is 9.11. The van der Waals surface area contributed by atoms with Crippen molar-refractivity contribution in [3.05, 3.63) is 35.4 Å². The van der Waals surface area contributed by atoms with Crippen LogP contribution in [0, 0.1) is 0 Å². The van der Waals surface area contributed by atoms with E-state index in [2.05, 4.69) is 17.9 Å². The molecule has 0 spiro atoms. The molecule has 1 N–H and O–H groups in total. The number of benzene rings is 1. The molecular weight excluding hydrogens is 239 g/mol.